The Labute approximate surface area is 245 Å². The maximum atomic E-state index is 11.3. The van der Waals surface area contributed by atoms with Crippen LogP contribution < -0.4 is 15.8 Å². The summed E-state index contributed by atoms with van der Waals surface area (Å²) in [4.78, 5) is 27.5. The summed E-state index contributed by atoms with van der Waals surface area (Å²) < 4.78 is 6.48. The minimum atomic E-state index is -0.412. The minimum Gasteiger partial charge on any atom is -0.438 e. The van der Waals surface area contributed by atoms with Crippen LogP contribution in [0.5, 0.6) is 11.6 Å². The Morgan fingerprint density at radius 2 is 1.88 bits per heavy atom. The number of nitrogens with two attached hydrogens (primary N) is 1. The molecule has 0 unspecified atom stereocenters. The van der Waals surface area contributed by atoms with E-state index >= 15 is 0 Å². The maximum Gasteiger partial charge on any atom is 0.248 e. The van der Waals surface area contributed by atoms with Gasteiger partial charge in [-0.2, -0.15) is 10.2 Å². The topological polar surface area (TPSA) is 130 Å². The van der Waals surface area contributed by atoms with E-state index in [9.17, 15) is 4.79 Å². The first-order chi connectivity index (χ1) is 20.4. The number of allylic oxidation sites excluding steroid dienone is 1. The molecule has 1 fully saturated rings. The number of aryl methyl sites for hydroxylation is 2. The van der Waals surface area contributed by atoms with Crippen molar-refractivity contribution in [3.8, 4) is 28.8 Å². The third-order valence-corrected chi connectivity index (χ3v) is 7.32. The molecule has 42 heavy (non-hydrogen) atoms. The molecule has 1 aliphatic rings. The molecule has 212 valence electrons. The second-order valence-electron chi connectivity index (χ2n) is 10.5. The average molecular weight is 560 g/mol. The van der Waals surface area contributed by atoms with Crippen molar-refractivity contribution >= 4 is 17.9 Å². The van der Waals surface area contributed by atoms with E-state index in [1.807, 2.05) is 56.3 Å². The highest BCUT2D eigenvalue weighted by molar-refractivity contribution is 5.92. The van der Waals surface area contributed by atoms with E-state index in [1.165, 1.54) is 6.08 Å². The van der Waals surface area contributed by atoms with Crippen LogP contribution in [0.4, 0.5) is 5.95 Å². The first kappa shape index (κ1) is 28.5. The van der Waals surface area contributed by atoms with E-state index < -0.39 is 5.91 Å². The Balaban J connectivity index is 1.30. The molecule has 3 heterocycles. The van der Waals surface area contributed by atoms with Crippen molar-refractivity contribution in [3.63, 3.8) is 0 Å². The lowest BCUT2D eigenvalue weighted by Gasteiger charge is -2.32. The van der Waals surface area contributed by atoms with Gasteiger partial charge in [0.2, 0.25) is 17.7 Å². The zero-order valence-corrected chi connectivity index (χ0v) is 23.7. The molecule has 1 saturated heterocycles. The molecule has 0 atom stereocenters. The Hall–Kier alpha value is -5.07. The Morgan fingerprint density at radius 1 is 1.14 bits per heavy atom. The predicted molar refractivity (Wildman–Crippen MR) is 163 cm³/mol. The lowest BCUT2D eigenvalue weighted by atomic mass is 10.0. The molecule has 0 bridgehead atoms. The van der Waals surface area contributed by atoms with Crippen molar-refractivity contribution in [2.75, 3.05) is 18.4 Å². The highest BCUT2D eigenvalue weighted by Gasteiger charge is 2.21. The Morgan fingerprint density at radius 3 is 2.52 bits per heavy atom. The van der Waals surface area contributed by atoms with Gasteiger partial charge in [0.1, 0.15) is 5.75 Å². The zero-order valence-electron chi connectivity index (χ0n) is 23.7. The van der Waals surface area contributed by atoms with Crippen LogP contribution in [0.25, 0.3) is 17.2 Å². The number of hydrogen-bond acceptors (Lipinski definition) is 8. The van der Waals surface area contributed by atoms with Crippen molar-refractivity contribution in [1.29, 1.82) is 5.26 Å². The van der Waals surface area contributed by atoms with Crippen molar-refractivity contribution in [2.45, 2.75) is 39.3 Å². The fourth-order valence-electron chi connectivity index (χ4n) is 5.16. The highest BCUT2D eigenvalue weighted by Crippen LogP contribution is 2.35. The van der Waals surface area contributed by atoms with Crippen LogP contribution in [0, 0.1) is 25.2 Å². The van der Waals surface area contributed by atoms with Crippen molar-refractivity contribution in [2.24, 2.45) is 5.73 Å². The number of benzene rings is 2. The lowest BCUT2D eigenvalue weighted by molar-refractivity contribution is 0.1000. The van der Waals surface area contributed by atoms with Crippen LogP contribution >= 0.6 is 0 Å². The molecule has 2 aromatic heterocycles. The smallest absolute Gasteiger partial charge is 0.248 e. The summed E-state index contributed by atoms with van der Waals surface area (Å²) in [5, 5.41) is 12.4. The monoisotopic (exact) mass is 559 g/mol. The van der Waals surface area contributed by atoms with Gasteiger partial charge < -0.3 is 15.8 Å². The minimum absolute atomic E-state index is 0.227. The fraction of sp³-hybridized carbons (Fsp3) is 0.242. The normalized spacial score (nSPS) is 14.0. The molecule has 9 heteroatoms. The molecule has 1 aliphatic heterocycles. The standard InChI is InChI=1S/C33H33N7O2/c1-22-17-25(5-3-13-34)18-23(2)30(22)42-32-29(27-6-4-14-36-19-27)20-37-33(39-32)38-28-11-15-40(16-12-28)21-24-7-9-26(10-8-24)31(35)41/h3-10,14,17-20,28H,11-12,15-16,21H2,1-2H3,(H2,35,41)(H,37,38,39)/b5-3+. The summed E-state index contributed by atoms with van der Waals surface area (Å²) >= 11 is 0. The number of carbonyl (C=O) groups excluding carboxylic acids is 1. The Kier molecular flexibility index (Phi) is 8.85. The number of hydrogen-bond donors (Lipinski definition) is 2. The van der Waals surface area contributed by atoms with Crippen LogP contribution in [0.15, 0.2) is 73.2 Å². The van der Waals surface area contributed by atoms with Gasteiger partial charge in [0, 0.05) is 61.5 Å². The Bertz CT molecular complexity index is 1600. The van der Waals surface area contributed by atoms with Gasteiger partial charge in [0.25, 0.3) is 0 Å². The SMILES string of the molecule is Cc1cc(/C=C/C#N)cc(C)c1Oc1nc(NC2CCN(Cc3ccc(C(N)=O)cc3)CC2)ncc1-c1cccnc1. The van der Waals surface area contributed by atoms with Crippen LogP contribution in [-0.2, 0) is 6.54 Å². The largest absolute Gasteiger partial charge is 0.438 e. The number of pyridine rings is 1. The number of nitriles is 1. The number of likely N-dealkylation sites (tertiary alicyclic amines) is 1. The number of anilines is 1. The number of nitrogens with one attached hydrogen (secondary N) is 1. The summed E-state index contributed by atoms with van der Waals surface area (Å²) in [5.74, 6) is 1.27. The zero-order chi connectivity index (χ0) is 29.5. The van der Waals surface area contributed by atoms with Gasteiger partial charge in [0.15, 0.2) is 0 Å². The van der Waals surface area contributed by atoms with E-state index in [-0.39, 0.29) is 6.04 Å². The van der Waals surface area contributed by atoms with E-state index in [0.717, 1.165) is 71.6 Å². The van der Waals surface area contributed by atoms with Crippen molar-refractivity contribution in [1.82, 2.24) is 19.9 Å². The van der Waals surface area contributed by atoms with Crippen molar-refractivity contribution in [3.05, 3.63) is 101 Å². The number of piperidine rings is 1. The number of aromatic nitrogens is 3. The molecule has 4 aromatic rings. The molecule has 2 aromatic carbocycles. The highest BCUT2D eigenvalue weighted by atomic mass is 16.5. The first-order valence-corrected chi connectivity index (χ1v) is 13.9. The third kappa shape index (κ3) is 6.97. The van der Waals surface area contributed by atoms with Crippen molar-refractivity contribution < 1.29 is 9.53 Å². The van der Waals surface area contributed by atoms with Crippen LogP contribution in [0.2, 0.25) is 0 Å². The molecule has 0 saturated carbocycles. The van der Waals surface area contributed by atoms with E-state index in [1.54, 1.807) is 36.8 Å². The second-order valence-corrected chi connectivity index (χ2v) is 10.5. The quantitative estimate of drug-likeness (QED) is 0.251. The molecule has 0 radical (unpaired) electrons. The van der Waals surface area contributed by atoms with Crippen LogP contribution in [0.3, 0.4) is 0 Å². The van der Waals surface area contributed by atoms with Gasteiger partial charge in [-0.25, -0.2) is 4.98 Å². The van der Waals surface area contributed by atoms with Gasteiger partial charge in [-0.1, -0.05) is 18.2 Å². The summed E-state index contributed by atoms with van der Waals surface area (Å²) in [7, 11) is 0. The van der Waals surface area contributed by atoms with E-state index in [2.05, 4.69) is 20.2 Å². The molecule has 3 N–H and O–H groups in total. The summed E-state index contributed by atoms with van der Waals surface area (Å²) in [5.41, 5.74) is 11.5. The number of amides is 1. The predicted octanol–water partition coefficient (Wildman–Crippen LogP) is 5.66. The van der Waals surface area contributed by atoms with Gasteiger partial charge in [-0.15, -0.1) is 0 Å². The van der Waals surface area contributed by atoms with Gasteiger partial charge in [0.05, 0.1) is 11.6 Å². The van der Waals surface area contributed by atoms with Crippen LogP contribution in [0.1, 0.15) is 45.5 Å². The van der Waals surface area contributed by atoms with Gasteiger partial charge >= 0.3 is 0 Å². The maximum absolute atomic E-state index is 11.3. The fourth-order valence-corrected chi connectivity index (χ4v) is 5.16. The molecule has 1 amide bonds. The average Bonchev–Trinajstić information content (AvgIpc) is 3.00. The third-order valence-electron chi connectivity index (χ3n) is 7.32. The number of carbonyl (C=O) groups is 1. The molecule has 0 spiro atoms. The summed E-state index contributed by atoms with van der Waals surface area (Å²) in [6, 6.07) is 17.5. The second kappa shape index (κ2) is 13.1. The number of rotatable bonds is 9. The van der Waals surface area contributed by atoms with E-state index in [4.69, 9.17) is 20.7 Å². The molecular weight excluding hydrogens is 526 g/mol. The molecular formula is C33H33N7O2. The molecule has 9 nitrogen and oxygen atoms in total. The number of primary amides is 1. The first-order valence-electron chi connectivity index (χ1n) is 13.9. The van der Waals surface area contributed by atoms with Gasteiger partial charge in [-0.05, 0) is 85.4 Å². The summed E-state index contributed by atoms with van der Waals surface area (Å²) in [6.07, 6.45) is 10.4. The summed E-state index contributed by atoms with van der Waals surface area (Å²) in [6.45, 7) is 6.64. The molecule has 5 rings (SSSR count). The van der Waals surface area contributed by atoms with Crippen LogP contribution in [-0.4, -0.2) is 44.9 Å². The lowest BCUT2D eigenvalue weighted by Crippen LogP contribution is -2.39. The van der Waals surface area contributed by atoms with Gasteiger partial charge in [-0.3, -0.25) is 14.7 Å². The van der Waals surface area contributed by atoms with E-state index in [0.29, 0.717) is 17.4 Å². The number of ether oxygens (including phenoxy) is 1. The number of nitrogens with zero attached hydrogens (tertiary/aromatic N) is 5. The molecule has 0 aliphatic carbocycles.